The van der Waals surface area contributed by atoms with Crippen molar-refractivity contribution in [1.29, 1.82) is 0 Å². The van der Waals surface area contributed by atoms with Gasteiger partial charge >= 0.3 is 0 Å². The van der Waals surface area contributed by atoms with Crippen LogP contribution in [-0.4, -0.2) is 17.5 Å². The molecule has 0 bridgehead atoms. The van der Waals surface area contributed by atoms with Gasteiger partial charge in [-0.25, -0.2) is 5.43 Å². The number of amides is 2. The van der Waals surface area contributed by atoms with Crippen molar-refractivity contribution in [2.75, 3.05) is 5.32 Å². The minimum absolute atomic E-state index is 0.212. The van der Waals surface area contributed by atoms with E-state index >= 15 is 0 Å². The summed E-state index contributed by atoms with van der Waals surface area (Å²) in [4.78, 5) is 26.6. The highest BCUT2D eigenvalue weighted by molar-refractivity contribution is 6.09. The summed E-state index contributed by atoms with van der Waals surface area (Å²) in [5, 5.41) is 7.54. The molecule has 6 heteroatoms. The first kappa shape index (κ1) is 25.2. The average Bonchev–Trinajstić information content (AvgIpc) is 3.27. The van der Waals surface area contributed by atoms with Crippen LogP contribution in [0.15, 0.2) is 88.4 Å². The zero-order chi connectivity index (χ0) is 26.6. The number of carbonyl (C=O) groups excluding carboxylic acids is 2. The van der Waals surface area contributed by atoms with Crippen LogP contribution < -0.4 is 10.7 Å². The maximum Gasteiger partial charge on any atom is 0.291 e. The molecule has 38 heavy (non-hydrogen) atoms. The Morgan fingerprint density at radius 1 is 0.868 bits per heavy atom. The van der Waals surface area contributed by atoms with E-state index in [1.165, 1.54) is 0 Å². The van der Waals surface area contributed by atoms with Gasteiger partial charge in [0.25, 0.3) is 11.8 Å². The van der Waals surface area contributed by atoms with Gasteiger partial charge in [0, 0.05) is 23.2 Å². The zero-order valence-electron chi connectivity index (χ0n) is 21.9. The first-order valence-electron chi connectivity index (χ1n) is 12.9. The lowest BCUT2D eigenvalue weighted by molar-refractivity contribution is -0.121. The number of hydrogen-bond acceptors (Lipinski definition) is 4. The van der Waals surface area contributed by atoms with E-state index in [4.69, 9.17) is 4.42 Å². The minimum Gasteiger partial charge on any atom is -0.455 e. The van der Waals surface area contributed by atoms with E-state index < -0.39 is 5.92 Å². The molecule has 3 aromatic carbocycles. The van der Waals surface area contributed by atoms with Crippen LogP contribution in [0.5, 0.6) is 0 Å². The SMILES string of the molecule is Cc1ccc(NC(=O)c2oc3c(c2C)/C(=N/NC(=O)C(c2ccccc2)c2ccccc2)CCC3)c(C)c1. The normalized spacial score (nSPS) is 13.8. The average molecular weight is 506 g/mol. The third-order valence-electron chi connectivity index (χ3n) is 6.99. The third kappa shape index (κ3) is 5.16. The Kier molecular flexibility index (Phi) is 7.22. The van der Waals surface area contributed by atoms with E-state index in [9.17, 15) is 9.59 Å². The van der Waals surface area contributed by atoms with Crippen LogP contribution >= 0.6 is 0 Å². The van der Waals surface area contributed by atoms with Crippen molar-refractivity contribution in [3.05, 3.63) is 124 Å². The van der Waals surface area contributed by atoms with Gasteiger partial charge in [-0.3, -0.25) is 9.59 Å². The van der Waals surface area contributed by atoms with Gasteiger partial charge in [0.2, 0.25) is 0 Å². The van der Waals surface area contributed by atoms with Crippen LogP contribution in [0.1, 0.15) is 68.5 Å². The predicted molar refractivity (Wildman–Crippen MR) is 150 cm³/mol. The van der Waals surface area contributed by atoms with Crippen molar-refractivity contribution >= 4 is 23.2 Å². The first-order chi connectivity index (χ1) is 18.4. The van der Waals surface area contributed by atoms with Crippen LogP contribution in [0.25, 0.3) is 0 Å². The number of carbonyl (C=O) groups is 2. The van der Waals surface area contributed by atoms with Gasteiger partial charge in [-0.05, 0) is 56.4 Å². The molecule has 0 spiro atoms. The quantitative estimate of drug-likeness (QED) is 0.296. The number of rotatable bonds is 6. The Balaban J connectivity index is 1.40. The Bertz CT molecular complexity index is 1460. The van der Waals surface area contributed by atoms with Crippen LogP contribution in [0, 0.1) is 20.8 Å². The molecule has 1 heterocycles. The van der Waals surface area contributed by atoms with E-state index in [0.717, 1.165) is 63.4 Å². The van der Waals surface area contributed by atoms with Crippen molar-refractivity contribution in [3.63, 3.8) is 0 Å². The van der Waals surface area contributed by atoms with Crippen LogP contribution in [0.3, 0.4) is 0 Å². The molecule has 5 rings (SSSR count). The summed E-state index contributed by atoms with van der Waals surface area (Å²) >= 11 is 0. The Hall–Kier alpha value is -4.45. The number of nitrogens with zero attached hydrogens (tertiary/aromatic N) is 1. The molecule has 192 valence electrons. The van der Waals surface area contributed by atoms with Gasteiger partial charge in [-0.1, -0.05) is 78.4 Å². The Morgan fingerprint density at radius 2 is 1.53 bits per heavy atom. The molecule has 0 fully saturated rings. The van der Waals surface area contributed by atoms with Crippen LogP contribution in [0.4, 0.5) is 5.69 Å². The summed E-state index contributed by atoms with van der Waals surface area (Å²) in [6.07, 6.45) is 2.23. The van der Waals surface area contributed by atoms with Gasteiger partial charge in [0.05, 0.1) is 11.6 Å². The monoisotopic (exact) mass is 505 g/mol. The summed E-state index contributed by atoms with van der Waals surface area (Å²) in [7, 11) is 0. The van der Waals surface area contributed by atoms with Gasteiger partial charge in [0.15, 0.2) is 5.76 Å². The van der Waals surface area contributed by atoms with E-state index in [2.05, 4.69) is 15.8 Å². The molecule has 1 aliphatic carbocycles. The number of aryl methyl sites for hydroxylation is 3. The van der Waals surface area contributed by atoms with Crippen molar-refractivity contribution in [1.82, 2.24) is 5.43 Å². The molecular formula is C32H31N3O3. The molecule has 2 N–H and O–H groups in total. The Labute approximate surface area is 222 Å². The number of fused-ring (bicyclic) bond motifs is 1. The molecule has 0 radical (unpaired) electrons. The number of hydrogen-bond donors (Lipinski definition) is 2. The maximum atomic E-state index is 13.5. The third-order valence-corrected chi connectivity index (χ3v) is 6.99. The lowest BCUT2D eigenvalue weighted by atomic mass is 9.90. The number of benzene rings is 3. The fourth-order valence-corrected chi connectivity index (χ4v) is 5.10. The van der Waals surface area contributed by atoms with E-state index in [1.54, 1.807) is 0 Å². The highest BCUT2D eigenvalue weighted by Crippen LogP contribution is 2.31. The van der Waals surface area contributed by atoms with Gasteiger partial charge in [-0.15, -0.1) is 0 Å². The molecule has 1 aliphatic rings. The summed E-state index contributed by atoms with van der Waals surface area (Å²) in [6, 6.07) is 25.3. The lowest BCUT2D eigenvalue weighted by Gasteiger charge is -2.18. The zero-order valence-corrected chi connectivity index (χ0v) is 21.9. The molecule has 0 unspecified atom stereocenters. The Morgan fingerprint density at radius 3 is 2.16 bits per heavy atom. The lowest BCUT2D eigenvalue weighted by Crippen LogP contribution is -2.28. The van der Waals surface area contributed by atoms with Crippen molar-refractivity contribution in [2.45, 2.75) is 46.0 Å². The molecular weight excluding hydrogens is 474 g/mol. The number of hydrazone groups is 1. The summed E-state index contributed by atoms with van der Waals surface area (Å²) in [6.45, 7) is 5.86. The van der Waals surface area contributed by atoms with Crippen molar-refractivity contribution in [2.24, 2.45) is 5.10 Å². The maximum absolute atomic E-state index is 13.5. The van der Waals surface area contributed by atoms with Crippen molar-refractivity contribution in [3.8, 4) is 0 Å². The second kappa shape index (κ2) is 10.9. The predicted octanol–water partition coefficient (Wildman–Crippen LogP) is 6.45. The highest BCUT2D eigenvalue weighted by atomic mass is 16.4. The number of nitrogens with one attached hydrogen (secondary N) is 2. The molecule has 4 aromatic rings. The summed E-state index contributed by atoms with van der Waals surface area (Å²) in [5.41, 5.74) is 9.76. The second-order valence-corrected chi connectivity index (χ2v) is 9.77. The van der Waals surface area contributed by atoms with Gasteiger partial charge in [0.1, 0.15) is 5.76 Å². The van der Waals surface area contributed by atoms with E-state index in [-0.39, 0.29) is 17.6 Å². The van der Waals surface area contributed by atoms with Gasteiger partial charge < -0.3 is 9.73 Å². The van der Waals surface area contributed by atoms with Crippen LogP contribution in [-0.2, 0) is 11.2 Å². The van der Waals surface area contributed by atoms with Crippen molar-refractivity contribution < 1.29 is 14.0 Å². The first-order valence-corrected chi connectivity index (χ1v) is 12.9. The van der Waals surface area contributed by atoms with E-state index in [1.807, 2.05) is 99.6 Å². The fourth-order valence-electron chi connectivity index (χ4n) is 5.10. The van der Waals surface area contributed by atoms with E-state index in [0.29, 0.717) is 6.42 Å². The second-order valence-electron chi connectivity index (χ2n) is 9.77. The van der Waals surface area contributed by atoms with Crippen LogP contribution in [0.2, 0.25) is 0 Å². The summed E-state index contributed by atoms with van der Waals surface area (Å²) in [5.74, 6) is 0.0170. The summed E-state index contributed by atoms with van der Waals surface area (Å²) < 4.78 is 6.05. The fraction of sp³-hybridized carbons (Fsp3) is 0.219. The molecule has 0 saturated heterocycles. The van der Waals surface area contributed by atoms with Gasteiger partial charge in [-0.2, -0.15) is 5.10 Å². The minimum atomic E-state index is -0.491. The smallest absolute Gasteiger partial charge is 0.291 e. The highest BCUT2D eigenvalue weighted by Gasteiger charge is 2.29. The largest absolute Gasteiger partial charge is 0.455 e. The topological polar surface area (TPSA) is 83.7 Å². The standard InChI is InChI=1S/C32H31N3O3/c1-20-17-18-25(21(2)19-20)33-32(37)30-22(3)28-26(15-10-16-27(28)38-30)34-35-31(36)29(23-11-6-4-7-12-23)24-13-8-5-9-14-24/h4-9,11-14,17-19,29H,10,15-16H2,1-3H3,(H,33,37)(H,35,36)/b34-26+. The molecule has 0 atom stereocenters. The molecule has 0 aliphatic heterocycles. The molecule has 6 nitrogen and oxygen atoms in total. The molecule has 2 amide bonds. The number of furan rings is 1. The molecule has 0 saturated carbocycles. The number of anilines is 1. The molecule has 1 aromatic heterocycles.